The number of pyridine rings is 1. The fraction of sp³-hybridized carbons (Fsp3) is 0.316. The average molecular weight is 338 g/mol. The highest BCUT2D eigenvalue weighted by molar-refractivity contribution is 5.77. The second-order valence-corrected chi connectivity index (χ2v) is 6.31. The molecular weight excluding hydrogens is 316 g/mol. The maximum atomic E-state index is 12.1. The van der Waals surface area contributed by atoms with Gasteiger partial charge in [-0.3, -0.25) is 9.20 Å². The van der Waals surface area contributed by atoms with Gasteiger partial charge in [-0.1, -0.05) is 32.0 Å². The predicted molar refractivity (Wildman–Crippen MR) is 95.6 cm³/mol. The first-order valence-corrected chi connectivity index (χ1v) is 8.33. The smallest absolute Gasteiger partial charge is 0.258 e. The van der Waals surface area contributed by atoms with Crippen molar-refractivity contribution >= 4 is 11.6 Å². The summed E-state index contributed by atoms with van der Waals surface area (Å²) in [4.78, 5) is 12.1. The zero-order valence-electron chi connectivity index (χ0n) is 14.7. The number of ether oxygens (including phenoxy) is 1. The molecule has 0 aliphatic rings. The number of carbonyl (C=O) groups is 1. The molecule has 0 unspecified atom stereocenters. The van der Waals surface area contributed by atoms with E-state index < -0.39 is 0 Å². The van der Waals surface area contributed by atoms with Crippen LogP contribution in [0.5, 0.6) is 5.75 Å². The summed E-state index contributed by atoms with van der Waals surface area (Å²) in [5, 5.41) is 11.0. The van der Waals surface area contributed by atoms with E-state index >= 15 is 0 Å². The SMILES string of the molecule is Cc1ccc(C(C)C)c(OCC(=O)NCc2nnc3ccccn23)c1. The number of benzene rings is 1. The van der Waals surface area contributed by atoms with E-state index in [0.29, 0.717) is 18.3 Å². The highest BCUT2D eigenvalue weighted by atomic mass is 16.5. The first-order chi connectivity index (χ1) is 12.0. The van der Waals surface area contributed by atoms with Gasteiger partial charge in [-0.2, -0.15) is 0 Å². The molecule has 3 rings (SSSR count). The Bertz CT molecular complexity index is 886. The Labute approximate surface area is 146 Å². The Morgan fingerprint density at radius 2 is 2.08 bits per heavy atom. The van der Waals surface area contributed by atoms with Gasteiger partial charge >= 0.3 is 0 Å². The van der Waals surface area contributed by atoms with E-state index in [1.807, 2.05) is 41.8 Å². The van der Waals surface area contributed by atoms with E-state index in [1.54, 1.807) is 0 Å². The summed E-state index contributed by atoms with van der Waals surface area (Å²) in [6.45, 7) is 6.49. The Kier molecular flexibility index (Phi) is 4.97. The van der Waals surface area contributed by atoms with E-state index in [1.165, 1.54) is 0 Å². The van der Waals surface area contributed by atoms with Crippen LogP contribution in [-0.2, 0) is 11.3 Å². The van der Waals surface area contributed by atoms with Crippen molar-refractivity contribution < 1.29 is 9.53 Å². The van der Waals surface area contributed by atoms with E-state index in [-0.39, 0.29) is 12.5 Å². The van der Waals surface area contributed by atoms with Gasteiger partial charge in [0.1, 0.15) is 5.75 Å². The monoisotopic (exact) mass is 338 g/mol. The number of carbonyl (C=O) groups excluding carboxylic acids is 1. The maximum absolute atomic E-state index is 12.1. The van der Waals surface area contributed by atoms with Crippen LogP contribution in [0.25, 0.3) is 5.65 Å². The lowest BCUT2D eigenvalue weighted by molar-refractivity contribution is -0.123. The van der Waals surface area contributed by atoms with Gasteiger partial charge in [-0.05, 0) is 42.2 Å². The topological polar surface area (TPSA) is 68.5 Å². The average Bonchev–Trinajstić information content (AvgIpc) is 3.01. The molecule has 0 fully saturated rings. The van der Waals surface area contributed by atoms with Gasteiger partial charge in [0.2, 0.25) is 0 Å². The third-order valence-electron chi connectivity index (χ3n) is 3.98. The molecule has 0 aliphatic carbocycles. The standard InChI is InChI=1S/C19H22N4O2/c1-13(2)15-8-7-14(3)10-16(15)25-12-19(24)20-11-18-22-21-17-6-4-5-9-23(17)18/h4-10,13H,11-12H2,1-3H3,(H,20,24). The van der Waals surface area contributed by atoms with Crippen LogP contribution in [0.3, 0.4) is 0 Å². The third-order valence-corrected chi connectivity index (χ3v) is 3.98. The van der Waals surface area contributed by atoms with Crippen LogP contribution >= 0.6 is 0 Å². The molecule has 0 saturated carbocycles. The molecule has 0 aliphatic heterocycles. The van der Waals surface area contributed by atoms with Gasteiger partial charge < -0.3 is 10.1 Å². The molecule has 2 heterocycles. The molecule has 1 aromatic carbocycles. The number of hydrogen-bond donors (Lipinski definition) is 1. The molecule has 25 heavy (non-hydrogen) atoms. The third kappa shape index (κ3) is 3.96. The fourth-order valence-electron chi connectivity index (χ4n) is 2.63. The maximum Gasteiger partial charge on any atom is 0.258 e. The second kappa shape index (κ2) is 7.34. The second-order valence-electron chi connectivity index (χ2n) is 6.31. The van der Waals surface area contributed by atoms with Crippen LogP contribution in [0.15, 0.2) is 42.6 Å². The lowest BCUT2D eigenvalue weighted by atomic mass is 10.0. The zero-order valence-corrected chi connectivity index (χ0v) is 14.7. The summed E-state index contributed by atoms with van der Waals surface area (Å²) < 4.78 is 7.59. The quantitative estimate of drug-likeness (QED) is 0.750. The summed E-state index contributed by atoms with van der Waals surface area (Å²) >= 11 is 0. The molecule has 0 bridgehead atoms. The van der Waals surface area contributed by atoms with Crippen molar-refractivity contribution in [2.75, 3.05) is 6.61 Å². The van der Waals surface area contributed by atoms with Crippen LogP contribution < -0.4 is 10.1 Å². The predicted octanol–water partition coefficient (Wildman–Crippen LogP) is 2.86. The minimum Gasteiger partial charge on any atom is -0.483 e. The highest BCUT2D eigenvalue weighted by Gasteiger charge is 2.11. The molecule has 3 aromatic rings. The molecule has 0 spiro atoms. The Morgan fingerprint density at radius 1 is 1.24 bits per heavy atom. The van der Waals surface area contributed by atoms with E-state index in [4.69, 9.17) is 4.74 Å². The van der Waals surface area contributed by atoms with E-state index in [0.717, 1.165) is 22.5 Å². The number of aromatic nitrogens is 3. The minimum absolute atomic E-state index is 0.0279. The highest BCUT2D eigenvalue weighted by Crippen LogP contribution is 2.27. The number of amides is 1. The summed E-state index contributed by atoms with van der Waals surface area (Å²) in [6, 6.07) is 11.7. The normalized spacial score (nSPS) is 11.0. The van der Waals surface area contributed by atoms with Gasteiger partial charge in [0, 0.05) is 6.20 Å². The lowest BCUT2D eigenvalue weighted by Gasteiger charge is -2.14. The van der Waals surface area contributed by atoms with Gasteiger partial charge in [-0.25, -0.2) is 0 Å². The number of hydrogen-bond acceptors (Lipinski definition) is 4. The molecule has 1 N–H and O–H groups in total. The Hall–Kier alpha value is -2.89. The van der Waals surface area contributed by atoms with Gasteiger partial charge in [0.15, 0.2) is 18.1 Å². The van der Waals surface area contributed by atoms with Gasteiger partial charge in [-0.15, -0.1) is 10.2 Å². The summed E-state index contributed by atoms with van der Waals surface area (Å²) in [5.74, 6) is 1.59. The van der Waals surface area contributed by atoms with Gasteiger partial charge in [0.25, 0.3) is 5.91 Å². The molecule has 0 radical (unpaired) electrons. The Balaban J connectivity index is 1.59. The van der Waals surface area contributed by atoms with Crippen LogP contribution in [0.4, 0.5) is 0 Å². The fourth-order valence-corrected chi connectivity index (χ4v) is 2.63. The molecular formula is C19H22N4O2. The van der Waals surface area contributed by atoms with Crippen LogP contribution in [0, 0.1) is 6.92 Å². The first kappa shape index (κ1) is 17.0. The molecule has 0 saturated heterocycles. The van der Waals surface area contributed by atoms with Crippen LogP contribution in [0.1, 0.15) is 36.7 Å². The molecule has 6 nitrogen and oxygen atoms in total. The van der Waals surface area contributed by atoms with Crippen molar-refractivity contribution in [2.24, 2.45) is 0 Å². The van der Waals surface area contributed by atoms with Gasteiger partial charge in [0.05, 0.1) is 6.54 Å². The summed E-state index contributed by atoms with van der Waals surface area (Å²) in [6.07, 6.45) is 1.87. The van der Waals surface area contributed by atoms with E-state index in [9.17, 15) is 4.79 Å². The zero-order chi connectivity index (χ0) is 17.8. The number of fused-ring (bicyclic) bond motifs is 1. The number of aryl methyl sites for hydroxylation is 1. The molecule has 0 atom stereocenters. The minimum atomic E-state index is -0.191. The van der Waals surface area contributed by atoms with Crippen LogP contribution in [0.2, 0.25) is 0 Å². The van der Waals surface area contributed by atoms with Crippen molar-refractivity contribution in [2.45, 2.75) is 33.2 Å². The van der Waals surface area contributed by atoms with Crippen molar-refractivity contribution in [1.29, 1.82) is 0 Å². The first-order valence-electron chi connectivity index (χ1n) is 8.33. The Morgan fingerprint density at radius 3 is 2.88 bits per heavy atom. The molecule has 6 heteroatoms. The van der Waals surface area contributed by atoms with Crippen LogP contribution in [-0.4, -0.2) is 27.1 Å². The molecule has 130 valence electrons. The number of nitrogens with zero attached hydrogens (tertiary/aromatic N) is 3. The van der Waals surface area contributed by atoms with Crippen molar-refractivity contribution in [3.63, 3.8) is 0 Å². The number of rotatable bonds is 6. The van der Waals surface area contributed by atoms with E-state index in [2.05, 4.69) is 41.5 Å². The summed E-state index contributed by atoms with van der Waals surface area (Å²) in [7, 11) is 0. The molecule has 1 amide bonds. The molecule has 2 aromatic heterocycles. The number of nitrogens with one attached hydrogen (secondary N) is 1. The largest absolute Gasteiger partial charge is 0.483 e. The van der Waals surface area contributed by atoms with Crippen molar-refractivity contribution in [3.05, 3.63) is 59.5 Å². The summed E-state index contributed by atoms with van der Waals surface area (Å²) in [5.41, 5.74) is 2.96. The van der Waals surface area contributed by atoms with Crippen molar-refractivity contribution in [3.8, 4) is 5.75 Å². The van der Waals surface area contributed by atoms with Crippen molar-refractivity contribution in [1.82, 2.24) is 19.9 Å². The lowest BCUT2D eigenvalue weighted by Crippen LogP contribution is -2.29.